The summed E-state index contributed by atoms with van der Waals surface area (Å²) in [5, 5.41) is 4.61. The van der Waals surface area contributed by atoms with Crippen molar-refractivity contribution in [3.63, 3.8) is 0 Å². The molecule has 114 valence electrons. The van der Waals surface area contributed by atoms with E-state index in [9.17, 15) is 0 Å². The van der Waals surface area contributed by atoms with Crippen molar-refractivity contribution in [2.75, 3.05) is 13.7 Å². The van der Waals surface area contributed by atoms with Crippen molar-refractivity contribution in [3.05, 3.63) is 45.4 Å². The Morgan fingerprint density at radius 1 is 1.19 bits per heavy atom. The molecule has 0 spiro atoms. The van der Waals surface area contributed by atoms with Crippen molar-refractivity contribution < 1.29 is 4.74 Å². The minimum Gasteiger partial charge on any atom is -0.497 e. The van der Waals surface area contributed by atoms with Crippen LogP contribution in [0.15, 0.2) is 24.3 Å². The Labute approximate surface area is 131 Å². The fraction of sp³-hybridized carbons (Fsp3) is 0.471. The van der Waals surface area contributed by atoms with E-state index >= 15 is 0 Å². The first kappa shape index (κ1) is 16.0. The van der Waals surface area contributed by atoms with Gasteiger partial charge in [0.2, 0.25) is 0 Å². The highest BCUT2D eigenvalue weighted by Crippen LogP contribution is 2.23. The Balaban J connectivity index is 2.10. The average Bonchev–Trinajstić information content (AvgIpc) is 2.88. The second-order valence-corrected chi connectivity index (χ2v) is 6.20. The minimum atomic E-state index is 0.900. The molecule has 3 nitrogen and oxygen atoms in total. The van der Waals surface area contributed by atoms with Crippen molar-refractivity contribution in [1.29, 1.82) is 0 Å². The summed E-state index contributed by atoms with van der Waals surface area (Å²) in [4.78, 5) is 6.23. The number of thiazole rings is 1. The zero-order valence-electron chi connectivity index (χ0n) is 13.1. The standard InChI is InChI=1S/C17H24N2OS/c1-4-6-15-16(12-18-5-2)21-17(19-15)11-13-7-9-14(20-3)10-8-13/h7-10,18H,4-6,11-12H2,1-3H3. The first-order valence-electron chi connectivity index (χ1n) is 7.57. The molecule has 4 heteroatoms. The first-order chi connectivity index (χ1) is 10.3. The maximum Gasteiger partial charge on any atom is 0.118 e. The fourth-order valence-corrected chi connectivity index (χ4v) is 3.36. The Hall–Kier alpha value is -1.39. The molecule has 0 bridgehead atoms. The van der Waals surface area contributed by atoms with Crippen LogP contribution in [0.2, 0.25) is 0 Å². The number of hydrogen-bond donors (Lipinski definition) is 1. The van der Waals surface area contributed by atoms with Gasteiger partial charge in [-0.1, -0.05) is 32.4 Å². The van der Waals surface area contributed by atoms with E-state index in [1.54, 1.807) is 7.11 Å². The van der Waals surface area contributed by atoms with Gasteiger partial charge in [0, 0.05) is 17.8 Å². The van der Waals surface area contributed by atoms with Gasteiger partial charge in [-0.3, -0.25) is 0 Å². The van der Waals surface area contributed by atoms with Gasteiger partial charge in [0.25, 0.3) is 0 Å². The Kier molecular flexibility index (Phi) is 6.21. The van der Waals surface area contributed by atoms with Crippen LogP contribution in [0.5, 0.6) is 5.75 Å². The number of rotatable bonds is 8. The number of benzene rings is 1. The zero-order chi connectivity index (χ0) is 15.1. The van der Waals surface area contributed by atoms with Gasteiger partial charge in [-0.2, -0.15) is 0 Å². The summed E-state index contributed by atoms with van der Waals surface area (Å²) in [6.45, 7) is 6.28. The molecule has 2 aromatic rings. The van der Waals surface area contributed by atoms with E-state index < -0.39 is 0 Å². The number of aryl methyl sites for hydroxylation is 1. The third kappa shape index (κ3) is 4.55. The lowest BCUT2D eigenvalue weighted by molar-refractivity contribution is 0.414. The third-order valence-corrected chi connectivity index (χ3v) is 4.46. The molecule has 21 heavy (non-hydrogen) atoms. The molecule has 0 unspecified atom stereocenters. The van der Waals surface area contributed by atoms with Gasteiger partial charge in [0.15, 0.2) is 0 Å². The lowest BCUT2D eigenvalue weighted by Crippen LogP contribution is -2.11. The van der Waals surface area contributed by atoms with Crippen LogP contribution in [0, 0.1) is 0 Å². The largest absolute Gasteiger partial charge is 0.497 e. The number of methoxy groups -OCH3 is 1. The quantitative estimate of drug-likeness (QED) is 0.805. The van der Waals surface area contributed by atoms with E-state index in [1.807, 2.05) is 23.5 Å². The third-order valence-electron chi connectivity index (χ3n) is 3.36. The molecule has 2 rings (SSSR count). The molecule has 0 radical (unpaired) electrons. The summed E-state index contributed by atoms with van der Waals surface area (Å²) in [6.07, 6.45) is 3.11. The minimum absolute atomic E-state index is 0.900. The van der Waals surface area contributed by atoms with Gasteiger partial charge in [-0.05, 0) is 30.7 Å². The number of nitrogens with one attached hydrogen (secondary N) is 1. The topological polar surface area (TPSA) is 34.1 Å². The number of nitrogens with zero attached hydrogens (tertiary/aromatic N) is 1. The monoisotopic (exact) mass is 304 g/mol. The van der Waals surface area contributed by atoms with Crippen LogP contribution in [-0.2, 0) is 19.4 Å². The highest BCUT2D eigenvalue weighted by molar-refractivity contribution is 7.11. The molecule has 0 amide bonds. The number of ether oxygens (including phenoxy) is 1. The Morgan fingerprint density at radius 2 is 1.95 bits per heavy atom. The van der Waals surface area contributed by atoms with E-state index in [0.717, 1.165) is 38.1 Å². The number of hydrogen-bond acceptors (Lipinski definition) is 4. The second-order valence-electron chi connectivity index (χ2n) is 5.03. The van der Waals surface area contributed by atoms with Crippen molar-refractivity contribution in [3.8, 4) is 5.75 Å². The molecule has 0 fully saturated rings. The van der Waals surface area contributed by atoms with E-state index in [1.165, 1.54) is 21.1 Å². The molecule has 1 N–H and O–H groups in total. The van der Waals surface area contributed by atoms with E-state index in [2.05, 4.69) is 31.3 Å². The van der Waals surface area contributed by atoms with Crippen LogP contribution in [0.1, 0.15) is 41.4 Å². The summed E-state index contributed by atoms with van der Waals surface area (Å²) < 4.78 is 5.20. The normalized spacial score (nSPS) is 10.8. The van der Waals surface area contributed by atoms with Gasteiger partial charge in [-0.15, -0.1) is 11.3 Å². The molecular weight excluding hydrogens is 280 g/mol. The Bertz CT molecular complexity index is 548. The van der Waals surface area contributed by atoms with Gasteiger partial charge < -0.3 is 10.1 Å². The lowest BCUT2D eigenvalue weighted by atomic mass is 10.1. The molecule has 0 aliphatic heterocycles. The van der Waals surface area contributed by atoms with Gasteiger partial charge in [-0.25, -0.2) is 4.98 Å². The maximum atomic E-state index is 5.20. The molecule has 0 saturated heterocycles. The predicted octanol–water partition coefficient (Wildman–Crippen LogP) is 3.80. The summed E-state index contributed by atoms with van der Waals surface area (Å²) in [6, 6.07) is 8.25. The van der Waals surface area contributed by atoms with Gasteiger partial charge in [0.1, 0.15) is 5.75 Å². The lowest BCUT2D eigenvalue weighted by Gasteiger charge is -2.01. The molecule has 0 atom stereocenters. The maximum absolute atomic E-state index is 5.20. The molecule has 1 heterocycles. The highest BCUT2D eigenvalue weighted by Gasteiger charge is 2.10. The number of aromatic nitrogens is 1. The fourth-order valence-electron chi connectivity index (χ4n) is 2.24. The average molecular weight is 304 g/mol. The summed E-state index contributed by atoms with van der Waals surface area (Å²) >= 11 is 1.84. The zero-order valence-corrected chi connectivity index (χ0v) is 13.9. The summed E-state index contributed by atoms with van der Waals surface area (Å²) in [5.41, 5.74) is 2.55. The van der Waals surface area contributed by atoms with Crippen molar-refractivity contribution in [1.82, 2.24) is 10.3 Å². The summed E-state index contributed by atoms with van der Waals surface area (Å²) in [7, 11) is 1.69. The predicted molar refractivity (Wildman–Crippen MR) is 89.3 cm³/mol. The molecule has 0 saturated carbocycles. The smallest absolute Gasteiger partial charge is 0.118 e. The molecular formula is C17H24N2OS. The van der Waals surface area contributed by atoms with Crippen LogP contribution < -0.4 is 10.1 Å². The van der Waals surface area contributed by atoms with E-state index in [0.29, 0.717) is 0 Å². The van der Waals surface area contributed by atoms with Crippen LogP contribution >= 0.6 is 11.3 Å². The molecule has 1 aromatic heterocycles. The van der Waals surface area contributed by atoms with E-state index in [4.69, 9.17) is 9.72 Å². The van der Waals surface area contributed by atoms with Crippen LogP contribution in [0.25, 0.3) is 0 Å². The van der Waals surface area contributed by atoms with Crippen LogP contribution in [0.4, 0.5) is 0 Å². The van der Waals surface area contributed by atoms with Crippen LogP contribution in [-0.4, -0.2) is 18.6 Å². The molecule has 0 aliphatic rings. The van der Waals surface area contributed by atoms with Crippen molar-refractivity contribution in [2.45, 2.75) is 39.7 Å². The first-order valence-corrected chi connectivity index (χ1v) is 8.39. The van der Waals surface area contributed by atoms with Crippen molar-refractivity contribution in [2.24, 2.45) is 0 Å². The van der Waals surface area contributed by atoms with Crippen molar-refractivity contribution >= 4 is 11.3 Å². The van der Waals surface area contributed by atoms with Gasteiger partial charge >= 0.3 is 0 Å². The Morgan fingerprint density at radius 3 is 2.57 bits per heavy atom. The van der Waals surface area contributed by atoms with E-state index in [-0.39, 0.29) is 0 Å². The van der Waals surface area contributed by atoms with Crippen LogP contribution in [0.3, 0.4) is 0 Å². The molecule has 1 aromatic carbocycles. The highest BCUT2D eigenvalue weighted by atomic mass is 32.1. The summed E-state index contributed by atoms with van der Waals surface area (Å²) in [5.74, 6) is 0.900. The second kappa shape index (κ2) is 8.15. The SMILES string of the molecule is CCCc1nc(Cc2ccc(OC)cc2)sc1CNCC. The van der Waals surface area contributed by atoms with Gasteiger partial charge in [0.05, 0.1) is 17.8 Å². The molecule has 0 aliphatic carbocycles.